The van der Waals surface area contributed by atoms with Crippen molar-refractivity contribution < 1.29 is 0 Å². The van der Waals surface area contributed by atoms with E-state index in [1.54, 1.807) is 5.57 Å². The fourth-order valence-electron chi connectivity index (χ4n) is 1.05. The number of hydrogen-bond acceptors (Lipinski definition) is 0. The normalized spacial score (nSPS) is 16.2. The lowest BCUT2D eigenvalue weighted by atomic mass is 9.94. The minimum Gasteiger partial charge on any atom is -0.103 e. The van der Waals surface area contributed by atoms with Gasteiger partial charge in [0.15, 0.2) is 0 Å². The summed E-state index contributed by atoms with van der Waals surface area (Å²) in [5.41, 5.74) is 1.66. The van der Waals surface area contributed by atoms with E-state index in [9.17, 15) is 0 Å². The van der Waals surface area contributed by atoms with Crippen LogP contribution in [0, 0.1) is 0 Å². The van der Waals surface area contributed by atoms with Gasteiger partial charge < -0.3 is 0 Å². The van der Waals surface area contributed by atoms with Gasteiger partial charge >= 0.3 is 0 Å². The molecule has 0 N–H and O–H groups in total. The highest BCUT2D eigenvalue weighted by Crippen LogP contribution is 2.22. The Labute approximate surface area is 57.3 Å². The van der Waals surface area contributed by atoms with Crippen LogP contribution in [0.3, 0.4) is 0 Å². The first-order valence-corrected chi connectivity index (χ1v) is 3.72. The zero-order chi connectivity index (χ0) is 6.53. The van der Waals surface area contributed by atoms with Crippen molar-refractivity contribution in [2.24, 2.45) is 0 Å². The molecule has 0 fully saturated rings. The van der Waals surface area contributed by atoms with Crippen LogP contribution < -0.4 is 0 Å². The first-order chi connectivity index (χ1) is 4.43. The molecular weight excluding hydrogens is 108 g/mol. The molecule has 0 atom stereocenters. The Hall–Kier alpha value is -0.520. The quantitative estimate of drug-likeness (QED) is 0.397. The summed E-state index contributed by atoms with van der Waals surface area (Å²) in [6, 6.07) is 0. The molecular formula is C9H14. The average molecular weight is 122 g/mol. The zero-order valence-corrected chi connectivity index (χ0v) is 5.90. The second-order valence-corrected chi connectivity index (χ2v) is 2.58. The van der Waals surface area contributed by atoms with Crippen LogP contribution >= 0.6 is 0 Å². The van der Waals surface area contributed by atoms with E-state index >= 15 is 0 Å². The van der Waals surface area contributed by atoms with E-state index in [4.69, 9.17) is 0 Å². The lowest BCUT2D eigenvalue weighted by molar-refractivity contribution is 0.736. The highest BCUT2D eigenvalue weighted by molar-refractivity contribution is 5.11. The third kappa shape index (κ3) is 2.05. The summed E-state index contributed by atoms with van der Waals surface area (Å²) >= 11 is 0. The molecule has 50 valence electrons. The van der Waals surface area contributed by atoms with Crippen molar-refractivity contribution in [3.63, 3.8) is 0 Å². The van der Waals surface area contributed by atoms with Gasteiger partial charge in [-0.15, -0.1) is 6.58 Å². The minimum atomic E-state index is 1.18. The van der Waals surface area contributed by atoms with Gasteiger partial charge in [-0.1, -0.05) is 17.7 Å². The van der Waals surface area contributed by atoms with Crippen molar-refractivity contribution in [3.8, 4) is 0 Å². The van der Waals surface area contributed by atoms with Crippen LogP contribution in [0.25, 0.3) is 0 Å². The van der Waals surface area contributed by atoms with Crippen molar-refractivity contribution >= 4 is 0 Å². The Kier molecular flexibility index (Phi) is 2.56. The van der Waals surface area contributed by atoms with Gasteiger partial charge in [-0.2, -0.15) is 0 Å². The largest absolute Gasteiger partial charge is 0.103 e. The smallest absolute Gasteiger partial charge is 0.0285 e. The summed E-state index contributed by atoms with van der Waals surface area (Å²) < 4.78 is 0. The molecule has 0 aromatic carbocycles. The summed E-state index contributed by atoms with van der Waals surface area (Å²) in [4.78, 5) is 0. The number of hydrogen-bond donors (Lipinski definition) is 0. The Balaban J connectivity index is 1.98. The number of allylic oxidation sites excluding steroid dienone is 3. The molecule has 1 rings (SSSR count). The van der Waals surface area contributed by atoms with Gasteiger partial charge in [0.05, 0.1) is 0 Å². The maximum absolute atomic E-state index is 3.68. The van der Waals surface area contributed by atoms with Gasteiger partial charge in [-0.3, -0.25) is 0 Å². The van der Waals surface area contributed by atoms with Crippen LogP contribution in [-0.4, -0.2) is 0 Å². The van der Waals surface area contributed by atoms with Gasteiger partial charge in [0.2, 0.25) is 0 Å². The summed E-state index contributed by atoms with van der Waals surface area (Å²) in [7, 11) is 0. The van der Waals surface area contributed by atoms with Crippen LogP contribution in [0.1, 0.15) is 32.1 Å². The van der Waals surface area contributed by atoms with E-state index in [0.29, 0.717) is 0 Å². The molecule has 0 nitrogen and oxygen atoms in total. The Bertz CT molecular complexity index is 120. The molecule has 0 heteroatoms. The lowest BCUT2D eigenvalue weighted by Gasteiger charge is -2.12. The van der Waals surface area contributed by atoms with Crippen LogP contribution in [0.15, 0.2) is 24.3 Å². The van der Waals surface area contributed by atoms with Gasteiger partial charge in [0.1, 0.15) is 0 Å². The average Bonchev–Trinajstić information content (AvgIpc) is 1.76. The maximum atomic E-state index is 3.68. The molecule has 0 spiro atoms. The van der Waals surface area contributed by atoms with Crippen molar-refractivity contribution in [1.29, 1.82) is 0 Å². The molecule has 0 aromatic heterocycles. The second kappa shape index (κ2) is 3.49. The maximum Gasteiger partial charge on any atom is -0.0285 e. The number of rotatable bonds is 4. The van der Waals surface area contributed by atoms with E-state index < -0.39 is 0 Å². The topological polar surface area (TPSA) is 0 Å². The summed E-state index contributed by atoms with van der Waals surface area (Å²) in [5.74, 6) is 0. The summed E-state index contributed by atoms with van der Waals surface area (Å²) in [6.07, 6.45) is 10.8. The van der Waals surface area contributed by atoms with Crippen LogP contribution in [0.2, 0.25) is 0 Å². The van der Waals surface area contributed by atoms with E-state index in [0.717, 1.165) is 0 Å². The molecule has 1 aliphatic rings. The zero-order valence-electron chi connectivity index (χ0n) is 5.90. The molecule has 0 aliphatic heterocycles. The van der Waals surface area contributed by atoms with Crippen LogP contribution in [0.5, 0.6) is 0 Å². The SMILES string of the molecule is C=CCCCC1=CCC1. The standard InChI is InChI=1S/C9H14/c1-2-3-4-6-9-7-5-8-9/h2,7H,1,3-6,8H2. The van der Waals surface area contributed by atoms with Crippen molar-refractivity contribution in [1.82, 2.24) is 0 Å². The fourth-order valence-corrected chi connectivity index (χ4v) is 1.05. The lowest BCUT2D eigenvalue weighted by Crippen LogP contribution is -1.92. The Morgan fingerprint density at radius 1 is 1.67 bits per heavy atom. The Morgan fingerprint density at radius 2 is 2.44 bits per heavy atom. The fraction of sp³-hybridized carbons (Fsp3) is 0.556. The molecule has 1 aliphatic carbocycles. The van der Waals surface area contributed by atoms with Gasteiger partial charge in [0.25, 0.3) is 0 Å². The first-order valence-electron chi connectivity index (χ1n) is 3.72. The van der Waals surface area contributed by atoms with E-state index in [1.807, 2.05) is 6.08 Å². The highest BCUT2D eigenvalue weighted by atomic mass is 14.1. The predicted octanol–water partition coefficient (Wildman–Crippen LogP) is 3.06. The Morgan fingerprint density at radius 3 is 2.89 bits per heavy atom. The third-order valence-corrected chi connectivity index (χ3v) is 1.80. The van der Waals surface area contributed by atoms with E-state index in [1.165, 1.54) is 32.1 Å². The molecule has 0 amide bonds. The molecule has 0 saturated carbocycles. The van der Waals surface area contributed by atoms with Gasteiger partial charge in [0, 0.05) is 0 Å². The third-order valence-electron chi connectivity index (χ3n) is 1.80. The second-order valence-electron chi connectivity index (χ2n) is 2.58. The minimum absolute atomic E-state index is 1.18. The molecule has 0 saturated heterocycles. The van der Waals surface area contributed by atoms with E-state index in [2.05, 4.69) is 12.7 Å². The monoisotopic (exact) mass is 122 g/mol. The summed E-state index contributed by atoms with van der Waals surface area (Å²) in [5, 5.41) is 0. The van der Waals surface area contributed by atoms with Crippen LogP contribution in [-0.2, 0) is 0 Å². The summed E-state index contributed by atoms with van der Waals surface area (Å²) in [6.45, 7) is 3.68. The highest BCUT2D eigenvalue weighted by Gasteiger charge is 2.02. The van der Waals surface area contributed by atoms with E-state index in [-0.39, 0.29) is 0 Å². The molecule has 0 radical (unpaired) electrons. The van der Waals surface area contributed by atoms with Gasteiger partial charge in [-0.25, -0.2) is 0 Å². The molecule has 0 unspecified atom stereocenters. The first kappa shape index (κ1) is 6.60. The molecule has 0 heterocycles. The van der Waals surface area contributed by atoms with Crippen LogP contribution in [0.4, 0.5) is 0 Å². The predicted molar refractivity (Wildman–Crippen MR) is 41.4 cm³/mol. The van der Waals surface area contributed by atoms with Gasteiger partial charge in [-0.05, 0) is 32.1 Å². The molecule has 9 heavy (non-hydrogen) atoms. The van der Waals surface area contributed by atoms with Crippen molar-refractivity contribution in [2.75, 3.05) is 0 Å². The van der Waals surface area contributed by atoms with Crippen molar-refractivity contribution in [3.05, 3.63) is 24.3 Å². The number of unbranched alkanes of at least 4 members (excludes halogenated alkanes) is 1. The molecule has 0 bridgehead atoms. The van der Waals surface area contributed by atoms with Crippen molar-refractivity contribution in [2.45, 2.75) is 32.1 Å². The molecule has 0 aromatic rings.